The van der Waals surface area contributed by atoms with E-state index in [0.717, 1.165) is 0 Å². The molecule has 8 heteroatoms. The molecule has 0 aliphatic heterocycles. The maximum atomic E-state index is 12.0. The lowest BCUT2D eigenvalue weighted by atomic mass is 10.3. The van der Waals surface area contributed by atoms with Gasteiger partial charge in [0.1, 0.15) is 11.6 Å². The van der Waals surface area contributed by atoms with Crippen LogP contribution in [0.4, 0.5) is 5.69 Å². The third-order valence-electron chi connectivity index (χ3n) is 2.37. The molecule has 19 heavy (non-hydrogen) atoms. The first-order valence-electron chi connectivity index (χ1n) is 5.30. The summed E-state index contributed by atoms with van der Waals surface area (Å²) in [7, 11) is -2.21. The summed E-state index contributed by atoms with van der Waals surface area (Å²) in [6.07, 6.45) is 1.25. The van der Waals surface area contributed by atoms with Crippen LogP contribution in [0, 0.1) is 6.92 Å². The van der Waals surface area contributed by atoms with Gasteiger partial charge in [-0.05, 0) is 25.1 Å². The van der Waals surface area contributed by atoms with Crippen molar-refractivity contribution in [3.05, 3.63) is 35.2 Å². The number of benzene rings is 1. The van der Waals surface area contributed by atoms with Gasteiger partial charge in [-0.3, -0.25) is 4.72 Å². The molecule has 1 aromatic carbocycles. The van der Waals surface area contributed by atoms with Crippen LogP contribution in [-0.2, 0) is 10.0 Å². The molecule has 0 fully saturated rings. The smallest absolute Gasteiger partial charge is 0.278 e. The molecule has 0 amide bonds. The van der Waals surface area contributed by atoms with Gasteiger partial charge >= 0.3 is 0 Å². The number of ether oxygens (including phenoxy) is 1. The van der Waals surface area contributed by atoms with Gasteiger partial charge in [-0.2, -0.15) is 8.42 Å². The van der Waals surface area contributed by atoms with Crippen molar-refractivity contribution in [2.75, 3.05) is 11.8 Å². The van der Waals surface area contributed by atoms with Crippen molar-refractivity contribution < 1.29 is 13.2 Å². The summed E-state index contributed by atoms with van der Waals surface area (Å²) < 4.78 is 31.4. The van der Waals surface area contributed by atoms with Crippen molar-refractivity contribution in [3.8, 4) is 5.75 Å². The number of aromatic amines is 1. The summed E-state index contributed by atoms with van der Waals surface area (Å²) in [6, 6.07) is 4.62. The molecule has 1 aromatic heterocycles. The largest absolute Gasteiger partial charge is 0.495 e. The molecule has 0 spiro atoms. The highest BCUT2D eigenvalue weighted by atomic mass is 35.5. The third kappa shape index (κ3) is 2.99. The Morgan fingerprint density at radius 2 is 2.16 bits per heavy atom. The second-order valence-corrected chi connectivity index (χ2v) is 5.85. The summed E-state index contributed by atoms with van der Waals surface area (Å²) in [6.45, 7) is 1.67. The number of hydrogen-bond donors (Lipinski definition) is 2. The number of imidazole rings is 1. The van der Waals surface area contributed by atoms with E-state index in [9.17, 15) is 8.42 Å². The van der Waals surface area contributed by atoms with Gasteiger partial charge < -0.3 is 9.72 Å². The fourth-order valence-electron chi connectivity index (χ4n) is 1.47. The normalized spacial score (nSPS) is 11.3. The van der Waals surface area contributed by atoms with Gasteiger partial charge in [0.25, 0.3) is 10.0 Å². The Kier molecular flexibility index (Phi) is 3.68. The Labute approximate surface area is 115 Å². The summed E-state index contributed by atoms with van der Waals surface area (Å²) >= 11 is 5.93. The van der Waals surface area contributed by atoms with Crippen molar-refractivity contribution in [1.82, 2.24) is 9.97 Å². The van der Waals surface area contributed by atoms with Crippen LogP contribution in [0.3, 0.4) is 0 Å². The van der Waals surface area contributed by atoms with Crippen molar-refractivity contribution in [2.45, 2.75) is 11.9 Å². The van der Waals surface area contributed by atoms with Crippen LogP contribution in [0.15, 0.2) is 29.4 Å². The molecular formula is C11H12ClN3O3S. The molecule has 2 rings (SSSR count). The molecule has 0 aliphatic carbocycles. The van der Waals surface area contributed by atoms with E-state index in [4.69, 9.17) is 16.3 Å². The summed E-state index contributed by atoms with van der Waals surface area (Å²) in [5.41, 5.74) is 0.345. The number of methoxy groups -OCH3 is 1. The second kappa shape index (κ2) is 5.10. The number of halogens is 1. The minimum atomic E-state index is -3.70. The van der Waals surface area contributed by atoms with Gasteiger partial charge in [0, 0.05) is 0 Å². The quantitative estimate of drug-likeness (QED) is 0.906. The van der Waals surface area contributed by atoms with Crippen LogP contribution in [0.5, 0.6) is 5.75 Å². The van der Waals surface area contributed by atoms with E-state index in [1.54, 1.807) is 19.1 Å². The first kappa shape index (κ1) is 13.7. The SMILES string of the molecule is COc1ccc(NS(=O)(=O)c2cnc(C)[nH]2)cc1Cl. The number of aromatic nitrogens is 2. The summed E-state index contributed by atoms with van der Waals surface area (Å²) in [5, 5.41) is 0.320. The molecule has 0 unspecified atom stereocenters. The topological polar surface area (TPSA) is 84.1 Å². The van der Waals surface area contributed by atoms with Crippen molar-refractivity contribution in [2.24, 2.45) is 0 Å². The highest BCUT2D eigenvalue weighted by molar-refractivity contribution is 7.92. The number of H-pyrrole nitrogens is 1. The molecule has 0 atom stereocenters. The number of nitrogens with one attached hydrogen (secondary N) is 2. The van der Waals surface area contributed by atoms with Gasteiger partial charge in [-0.15, -0.1) is 0 Å². The minimum absolute atomic E-state index is 0.00283. The van der Waals surface area contributed by atoms with Gasteiger partial charge in [-0.1, -0.05) is 11.6 Å². The second-order valence-electron chi connectivity index (χ2n) is 3.79. The number of hydrogen-bond acceptors (Lipinski definition) is 4. The standard InChI is InChI=1S/C11H12ClN3O3S/c1-7-13-6-11(14-7)19(16,17)15-8-3-4-10(18-2)9(12)5-8/h3-6,15H,1-2H3,(H,13,14). The molecule has 6 nitrogen and oxygen atoms in total. The van der Waals surface area contributed by atoms with Crippen LogP contribution in [0.25, 0.3) is 0 Å². The number of nitrogens with zero attached hydrogens (tertiary/aromatic N) is 1. The van der Waals surface area contributed by atoms with Crippen molar-refractivity contribution in [3.63, 3.8) is 0 Å². The molecule has 102 valence electrons. The molecule has 2 N–H and O–H groups in total. The zero-order chi connectivity index (χ0) is 14.0. The van der Waals surface area contributed by atoms with Crippen molar-refractivity contribution >= 4 is 27.3 Å². The first-order chi connectivity index (χ1) is 8.92. The molecule has 0 bridgehead atoms. The zero-order valence-electron chi connectivity index (χ0n) is 10.3. The van der Waals surface area contributed by atoms with E-state index >= 15 is 0 Å². The molecule has 0 aliphatic rings. The van der Waals surface area contributed by atoms with E-state index in [1.807, 2.05) is 0 Å². The Hall–Kier alpha value is -1.73. The van der Waals surface area contributed by atoms with Gasteiger partial charge in [0.05, 0.1) is 24.0 Å². The lowest BCUT2D eigenvalue weighted by Crippen LogP contribution is -2.13. The average molecular weight is 302 g/mol. The molecule has 2 aromatic rings. The Balaban J connectivity index is 2.28. The highest BCUT2D eigenvalue weighted by Crippen LogP contribution is 2.28. The number of sulfonamides is 1. The lowest BCUT2D eigenvalue weighted by Gasteiger charge is -2.08. The maximum absolute atomic E-state index is 12.0. The molecule has 0 saturated carbocycles. The van der Waals surface area contributed by atoms with E-state index in [-0.39, 0.29) is 5.03 Å². The van der Waals surface area contributed by atoms with E-state index in [1.165, 1.54) is 19.4 Å². The summed E-state index contributed by atoms with van der Waals surface area (Å²) in [4.78, 5) is 6.50. The Morgan fingerprint density at radius 1 is 1.42 bits per heavy atom. The highest BCUT2D eigenvalue weighted by Gasteiger charge is 2.17. The number of anilines is 1. The minimum Gasteiger partial charge on any atom is -0.495 e. The maximum Gasteiger partial charge on any atom is 0.278 e. The number of rotatable bonds is 4. The van der Waals surface area contributed by atoms with E-state index < -0.39 is 10.0 Å². The van der Waals surface area contributed by atoms with E-state index in [2.05, 4.69) is 14.7 Å². The third-order valence-corrected chi connectivity index (χ3v) is 3.96. The predicted octanol–water partition coefficient (Wildman–Crippen LogP) is 2.18. The van der Waals surface area contributed by atoms with Crippen LogP contribution in [0.2, 0.25) is 5.02 Å². The molecule has 0 saturated heterocycles. The van der Waals surface area contributed by atoms with Crippen LogP contribution in [0.1, 0.15) is 5.82 Å². The lowest BCUT2D eigenvalue weighted by molar-refractivity contribution is 0.415. The fourth-order valence-corrected chi connectivity index (χ4v) is 2.75. The first-order valence-corrected chi connectivity index (χ1v) is 7.16. The Morgan fingerprint density at radius 3 is 2.68 bits per heavy atom. The average Bonchev–Trinajstić information content (AvgIpc) is 2.76. The van der Waals surface area contributed by atoms with Crippen LogP contribution in [-0.4, -0.2) is 25.5 Å². The molecular weight excluding hydrogens is 290 g/mol. The number of aryl methyl sites for hydroxylation is 1. The molecule has 1 heterocycles. The van der Waals surface area contributed by atoms with Crippen molar-refractivity contribution in [1.29, 1.82) is 0 Å². The summed E-state index contributed by atoms with van der Waals surface area (Å²) in [5.74, 6) is 0.995. The van der Waals surface area contributed by atoms with Gasteiger partial charge in [-0.25, -0.2) is 4.98 Å². The van der Waals surface area contributed by atoms with Gasteiger partial charge in [0.15, 0.2) is 5.03 Å². The monoisotopic (exact) mass is 301 g/mol. The van der Waals surface area contributed by atoms with Crippen LogP contribution >= 0.6 is 11.6 Å². The molecule has 0 radical (unpaired) electrons. The fraction of sp³-hybridized carbons (Fsp3) is 0.182. The van der Waals surface area contributed by atoms with Gasteiger partial charge in [0.2, 0.25) is 0 Å². The predicted molar refractivity (Wildman–Crippen MR) is 72.1 cm³/mol. The van der Waals surface area contributed by atoms with E-state index in [0.29, 0.717) is 22.3 Å². The Bertz CT molecular complexity index is 697. The van der Waals surface area contributed by atoms with Crippen LogP contribution < -0.4 is 9.46 Å². The zero-order valence-corrected chi connectivity index (χ0v) is 11.8.